The summed E-state index contributed by atoms with van der Waals surface area (Å²) in [6, 6.07) is -0.656. The molecule has 4 heteroatoms. The fraction of sp³-hybridized carbons (Fsp3) is 0.702. The Kier molecular flexibility index (Phi) is 49.4. The highest BCUT2D eigenvalue weighted by atomic mass is 16.3. The molecule has 0 rings (SSSR count). The number of amides is 1. The molecule has 0 fully saturated rings. The number of carbonyl (C=O) groups excluding carboxylic acids is 1. The summed E-state index contributed by atoms with van der Waals surface area (Å²) in [7, 11) is 0. The second kappa shape index (κ2) is 51.7. The van der Waals surface area contributed by atoms with E-state index in [2.05, 4.69) is 104 Å². The lowest BCUT2D eigenvalue weighted by atomic mass is 10.0. The summed E-state index contributed by atoms with van der Waals surface area (Å²) in [5.41, 5.74) is 0. The Morgan fingerprint density at radius 2 is 0.738 bits per heavy atom. The van der Waals surface area contributed by atoms with Gasteiger partial charge in [0.25, 0.3) is 0 Å². The first-order chi connectivity index (χ1) is 30.2. The van der Waals surface area contributed by atoms with E-state index in [0.29, 0.717) is 6.42 Å². The molecule has 0 aromatic heterocycles. The van der Waals surface area contributed by atoms with Crippen LogP contribution in [-0.2, 0) is 4.79 Å². The molecule has 3 N–H and O–H groups in total. The standard InChI is InChI=1S/C57H99NO3/c1-3-5-7-9-11-13-15-17-19-21-23-25-27-29-31-33-35-37-39-41-43-45-47-49-51-53-57(61)58-55(54-59)56(60)52-50-48-46-44-42-40-38-36-34-32-30-28-26-24-22-20-18-16-14-12-10-8-6-4-2/h5,7,11,13,17,19,23,25,29,31,34,36,42,44,50,52,55-56,59-60H,3-4,6,8-10,12,14-16,18,20-22,24,26-28,30,32-33,35,37-41,43,45-49,51,53-54H2,1-2H3,(H,58,61)/b7-5-,13-11-,19-17-,25-23-,31-29-,36-34+,44-42+,52-50+. The Morgan fingerprint density at radius 3 is 1.15 bits per heavy atom. The second-order valence-electron chi connectivity index (χ2n) is 17.2. The number of rotatable bonds is 46. The topological polar surface area (TPSA) is 69.6 Å². The van der Waals surface area contributed by atoms with Gasteiger partial charge >= 0.3 is 0 Å². The largest absolute Gasteiger partial charge is 0.394 e. The number of allylic oxidation sites excluding steroid dienone is 15. The molecular weight excluding hydrogens is 747 g/mol. The maximum Gasteiger partial charge on any atom is 0.220 e. The summed E-state index contributed by atoms with van der Waals surface area (Å²) in [5, 5.41) is 23.1. The molecule has 4 nitrogen and oxygen atoms in total. The molecule has 61 heavy (non-hydrogen) atoms. The van der Waals surface area contributed by atoms with Crippen molar-refractivity contribution in [3.8, 4) is 0 Å². The van der Waals surface area contributed by atoms with Crippen LogP contribution in [0.25, 0.3) is 0 Å². The van der Waals surface area contributed by atoms with Gasteiger partial charge in [0.05, 0.1) is 18.8 Å². The molecule has 0 aromatic rings. The first-order valence-electron chi connectivity index (χ1n) is 26.0. The summed E-state index contributed by atoms with van der Waals surface area (Å²) in [5.74, 6) is -0.0874. The zero-order valence-corrected chi connectivity index (χ0v) is 40.2. The molecule has 0 aliphatic carbocycles. The van der Waals surface area contributed by atoms with Crippen molar-refractivity contribution >= 4 is 5.91 Å². The van der Waals surface area contributed by atoms with Gasteiger partial charge in [0, 0.05) is 6.42 Å². The van der Waals surface area contributed by atoms with Crippen molar-refractivity contribution < 1.29 is 15.0 Å². The van der Waals surface area contributed by atoms with Gasteiger partial charge < -0.3 is 15.5 Å². The lowest BCUT2D eigenvalue weighted by Gasteiger charge is -2.19. The summed E-state index contributed by atoms with van der Waals surface area (Å²) in [4.78, 5) is 12.4. The molecular formula is C57H99NO3. The van der Waals surface area contributed by atoms with E-state index < -0.39 is 12.1 Å². The lowest BCUT2D eigenvalue weighted by Crippen LogP contribution is -2.45. The molecule has 0 spiro atoms. The predicted molar refractivity (Wildman–Crippen MR) is 271 cm³/mol. The molecule has 0 aromatic carbocycles. The van der Waals surface area contributed by atoms with Gasteiger partial charge in [0.2, 0.25) is 5.91 Å². The smallest absolute Gasteiger partial charge is 0.220 e. The van der Waals surface area contributed by atoms with Crippen LogP contribution in [0.4, 0.5) is 0 Å². The van der Waals surface area contributed by atoms with Crippen molar-refractivity contribution in [2.45, 2.75) is 251 Å². The first kappa shape index (κ1) is 58.3. The first-order valence-corrected chi connectivity index (χ1v) is 26.0. The fourth-order valence-electron chi connectivity index (χ4n) is 7.35. The number of nitrogens with one attached hydrogen (secondary N) is 1. The minimum absolute atomic E-state index is 0.0874. The summed E-state index contributed by atoms with van der Waals surface area (Å²) >= 11 is 0. The van der Waals surface area contributed by atoms with Gasteiger partial charge in [-0.15, -0.1) is 0 Å². The van der Waals surface area contributed by atoms with E-state index in [1.54, 1.807) is 6.08 Å². The average Bonchev–Trinajstić information content (AvgIpc) is 3.26. The number of hydrogen-bond donors (Lipinski definition) is 3. The van der Waals surface area contributed by atoms with Gasteiger partial charge in [-0.25, -0.2) is 0 Å². The minimum atomic E-state index is -0.880. The quantitative estimate of drug-likeness (QED) is 0.0422. The molecule has 2 unspecified atom stereocenters. The molecule has 1 amide bonds. The highest BCUT2D eigenvalue weighted by Gasteiger charge is 2.17. The molecule has 0 radical (unpaired) electrons. The van der Waals surface area contributed by atoms with E-state index in [4.69, 9.17) is 0 Å². The van der Waals surface area contributed by atoms with E-state index in [9.17, 15) is 15.0 Å². The van der Waals surface area contributed by atoms with Crippen molar-refractivity contribution in [3.63, 3.8) is 0 Å². The van der Waals surface area contributed by atoms with Gasteiger partial charge in [0.1, 0.15) is 0 Å². The van der Waals surface area contributed by atoms with Crippen LogP contribution in [-0.4, -0.2) is 34.9 Å². The number of aliphatic hydroxyl groups excluding tert-OH is 2. The Bertz CT molecular complexity index is 1140. The minimum Gasteiger partial charge on any atom is -0.394 e. The van der Waals surface area contributed by atoms with Crippen molar-refractivity contribution in [3.05, 3.63) is 97.2 Å². The molecule has 350 valence electrons. The predicted octanol–water partition coefficient (Wildman–Crippen LogP) is 17.0. The molecule has 0 saturated carbocycles. The van der Waals surface area contributed by atoms with Crippen LogP contribution in [0.5, 0.6) is 0 Å². The van der Waals surface area contributed by atoms with E-state index >= 15 is 0 Å². The molecule has 0 aliphatic heterocycles. The zero-order chi connectivity index (χ0) is 44.2. The van der Waals surface area contributed by atoms with E-state index in [0.717, 1.165) is 77.0 Å². The van der Waals surface area contributed by atoms with Gasteiger partial charge in [-0.1, -0.05) is 239 Å². The molecule has 0 bridgehead atoms. The van der Waals surface area contributed by atoms with Crippen molar-refractivity contribution in [2.24, 2.45) is 0 Å². The van der Waals surface area contributed by atoms with E-state index in [-0.39, 0.29) is 12.5 Å². The number of hydrogen-bond acceptors (Lipinski definition) is 3. The van der Waals surface area contributed by atoms with Crippen LogP contribution in [0.3, 0.4) is 0 Å². The fourth-order valence-corrected chi connectivity index (χ4v) is 7.35. The number of aliphatic hydroxyl groups is 2. The van der Waals surface area contributed by atoms with Crippen molar-refractivity contribution in [1.82, 2.24) is 5.32 Å². The van der Waals surface area contributed by atoms with Gasteiger partial charge in [0.15, 0.2) is 0 Å². The van der Waals surface area contributed by atoms with E-state index in [1.807, 2.05) is 6.08 Å². The highest BCUT2D eigenvalue weighted by molar-refractivity contribution is 5.76. The maximum absolute atomic E-state index is 12.4. The third-order valence-electron chi connectivity index (χ3n) is 11.3. The Labute approximate surface area is 379 Å². The molecule has 0 saturated heterocycles. The number of carbonyl (C=O) groups is 1. The third-order valence-corrected chi connectivity index (χ3v) is 11.3. The molecule has 0 heterocycles. The second-order valence-corrected chi connectivity index (χ2v) is 17.2. The van der Waals surface area contributed by atoms with Crippen LogP contribution >= 0.6 is 0 Å². The maximum atomic E-state index is 12.4. The summed E-state index contributed by atoms with van der Waals surface area (Å²) < 4.78 is 0. The van der Waals surface area contributed by atoms with Crippen LogP contribution in [0.1, 0.15) is 239 Å². The molecule has 2 atom stereocenters. The normalized spacial score (nSPS) is 13.7. The van der Waals surface area contributed by atoms with Gasteiger partial charge in [-0.3, -0.25) is 4.79 Å². The SMILES string of the molecule is CC/C=C\C/C=C\C/C=C\C/C=C\C/C=C\CCCCCCCCCCCC(=O)NC(CO)C(O)/C=C/CC/C=C/CC/C=C/CCCCCCCCCCCCCCCC. The third kappa shape index (κ3) is 48.2. The lowest BCUT2D eigenvalue weighted by molar-refractivity contribution is -0.123. The van der Waals surface area contributed by atoms with Crippen LogP contribution in [0.2, 0.25) is 0 Å². The molecule has 0 aliphatic rings. The van der Waals surface area contributed by atoms with Gasteiger partial charge in [-0.05, 0) is 89.9 Å². The van der Waals surface area contributed by atoms with E-state index in [1.165, 1.54) is 141 Å². The Hall–Kier alpha value is -2.69. The Morgan fingerprint density at radius 1 is 0.410 bits per heavy atom. The van der Waals surface area contributed by atoms with Crippen molar-refractivity contribution in [2.75, 3.05) is 6.61 Å². The zero-order valence-electron chi connectivity index (χ0n) is 40.2. The number of unbranched alkanes of at least 4 members (excludes halogenated alkanes) is 25. The summed E-state index contributed by atoms with van der Waals surface area (Å²) in [6.45, 7) is 4.18. The summed E-state index contributed by atoms with van der Waals surface area (Å²) in [6.07, 6.45) is 76.9. The monoisotopic (exact) mass is 846 g/mol. The van der Waals surface area contributed by atoms with Crippen molar-refractivity contribution in [1.29, 1.82) is 0 Å². The van der Waals surface area contributed by atoms with Crippen LogP contribution in [0.15, 0.2) is 97.2 Å². The van der Waals surface area contributed by atoms with Gasteiger partial charge in [-0.2, -0.15) is 0 Å². The Balaban J connectivity index is 3.64. The highest BCUT2D eigenvalue weighted by Crippen LogP contribution is 2.15. The van der Waals surface area contributed by atoms with Crippen LogP contribution < -0.4 is 5.32 Å². The van der Waals surface area contributed by atoms with Crippen LogP contribution in [0, 0.1) is 0 Å². The average molecular weight is 846 g/mol.